The lowest BCUT2D eigenvalue weighted by Gasteiger charge is -2.11. The molecule has 1 aromatic carbocycles. The zero-order valence-electron chi connectivity index (χ0n) is 11.7. The second-order valence-electron chi connectivity index (χ2n) is 5.01. The number of nitrogens with one attached hydrogen (secondary N) is 1. The van der Waals surface area contributed by atoms with Crippen LogP contribution in [-0.4, -0.2) is 33.0 Å². The van der Waals surface area contributed by atoms with E-state index in [0.717, 1.165) is 31.8 Å². The van der Waals surface area contributed by atoms with Crippen molar-refractivity contribution in [2.45, 2.75) is 12.8 Å². The summed E-state index contributed by atoms with van der Waals surface area (Å²) in [4.78, 5) is 0. The highest BCUT2D eigenvalue weighted by Gasteiger charge is 2.15. The summed E-state index contributed by atoms with van der Waals surface area (Å²) < 4.78 is 37.9. The van der Waals surface area contributed by atoms with Crippen LogP contribution in [0.15, 0.2) is 12.1 Å². The van der Waals surface area contributed by atoms with Crippen LogP contribution in [0.5, 0.6) is 0 Å². The molecule has 1 aliphatic rings. The average Bonchev–Trinajstić information content (AvgIpc) is 2.97. The van der Waals surface area contributed by atoms with Crippen molar-refractivity contribution in [1.82, 2.24) is 0 Å². The van der Waals surface area contributed by atoms with Gasteiger partial charge in [0.15, 0.2) is 11.6 Å². The summed E-state index contributed by atoms with van der Waals surface area (Å²) in [5, 5.41) is 11.3. The quantitative estimate of drug-likeness (QED) is 0.786. The van der Waals surface area contributed by atoms with Crippen LogP contribution in [0.4, 0.5) is 14.5 Å². The molecule has 21 heavy (non-hydrogen) atoms. The van der Waals surface area contributed by atoms with Crippen molar-refractivity contribution in [3.8, 4) is 6.07 Å². The molecular weight excluding hydrogens is 278 g/mol. The first kappa shape index (κ1) is 15.7. The second kappa shape index (κ2) is 7.91. The molecule has 0 spiro atoms. The van der Waals surface area contributed by atoms with Crippen molar-refractivity contribution in [3.05, 3.63) is 29.3 Å². The number of hydrogen-bond acceptors (Lipinski definition) is 4. The highest BCUT2D eigenvalue weighted by atomic mass is 19.1. The van der Waals surface area contributed by atoms with Crippen molar-refractivity contribution in [1.29, 1.82) is 5.26 Å². The minimum absolute atomic E-state index is 0.0299. The largest absolute Gasteiger partial charge is 0.381 e. The molecule has 0 amide bonds. The normalized spacial score (nSPS) is 17.7. The third-order valence-electron chi connectivity index (χ3n) is 3.32. The third-order valence-corrected chi connectivity index (χ3v) is 3.32. The Hall–Kier alpha value is -1.71. The van der Waals surface area contributed by atoms with Gasteiger partial charge in [0.25, 0.3) is 0 Å². The highest BCUT2D eigenvalue weighted by molar-refractivity contribution is 5.50. The number of hydrogen-bond donors (Lipinski definition) is 1. The Kier molecular flexibility index (Phi) is 5.90. The molecule has 0 radical (unpaired) electrons. The number of nitriles is 1. The summed E-state index contributed by atoms with van der Waals surface area (Å²) in [6, 6.07) is 3.74. The van der Waals surface area contributed by atoms with Gasteiger partial charge in [-0.3, -0.25) is 0 Å². The van der Waals surface area contributed by atoms with Gasteiger partial charge in [-0.15, -0.1) is 0 Å². The first-order chi connectivity index (χ1) is 10.2. The van der Waals surface area contributed by atoms with Gasteiger partial charge in [0.2, 0.25) is 0 Å². The molecule has 114 valence electrons. The van der Waals surface area contributed by atoms with Gasteiger partial charge >= 0.3 is 0 Å². The standard InChI is InChI=1S/C15H18F2N2O2/c16-13-6-12(8-18)7-14(17)15(13)19-3-1-4-20-9-11-2-5-21-10-11/h6-7,11,19H,1-5,9-10H2/t11-/m1/s1. The van der Waals surface area contributed by atoms with E-state index in [1.807, 2.05) is 0 Å². The van der Waals surface area contributed by atoms with Crippen LogP contribution in [0.2, 0.25) is 0 Å². The van der Waals surface area contributed by atoms with Crippen LogP contribution in [-0.2, 0) is 9.47 Å². The Balaban J connectivity index is 1.67. The van der Waals surface area contributed by atoms with Gasteiger partial charge in [0.05, 0.1) is 24.8 Å². The van der Waals surface area contributed by atoms with E-state index < -0.39 is 11.6 Å². The Morgan fingerprint density at radius 3 is 2.76 bits per heavy atom. The van der Waals surface area contributed by atoms with Crippen LogP contribution in [0.1, 0.15) is 18.4 Å². The number of anilines is 1. The minimum atomic E-state index is -0.754. The van der Waals surface area contributed by atoms with E-state index in [9.17, 15) is 8.78 Å². The number of rotatable bonds is 7. The van der Waals surface area contributed by atoms with Crippen LogP contribution in [0, 0.1) is 28.9 Å². The summed E-state index contributed by atoms with van der Waals surface area (Å²) >= 11 is 0. The lowest BCUT2D eigenvalue weighted by atomic mass is 10.1. The van der Waals surface area contributed by atoms with E-state index >= 15 is 0 Å². The van der Waals surface area contributed by atoms with Crippen molar-refractivity contribution in [2.75, 3.05) is 38.3 Å². The minimum Gasteiger partial charge on any atom is -0.381 e. The van der Waals surface area contributed by atoms with Crippen molar-refractivity contribution < 1.29 is 18.3 Å². The topological polar surface area (TPSA) is 54.3 Å². The molecule has 0 saturated carbocycles. The van der Waals surface area contributed by atoms with Crippen LogP contribution in [0.25, 0.3) is 0 Å². The number of halogens is 2. The number of benzene rings is 1. The molecule has 0 bridgehead atoms. The molecule has 0 aliphatic carbocycles. The molecule has 1 fully saturated rings. The maximum atomic E-state index is 13.6. The van der Waals surface area contributed by atoms with Crippen LogP contribution >= 0.6 is 0 Å². The van der Waals surface area contributed by atoms with Gasteiger partial charge < -0.3 is 14.8 Å². The maximum absolute atomic E-state index is 13.6. The van der Waals surface area contributed by atoms with Gasteiger partial charge in [-0.1, -0.05) is 0 Å². The van der Waals surface area contributed by atoms with Gasteiger partial charge in [0, 0.05) is 25.7 Å². The third kappa shape index (κ3) is 4.66. The van der Waals surface area contributed by atoms with E-state index in [1.165, 1.54) is 0 Å². The van der Waals surface area contributed by atoms with Crippen molar-refractivity contribution in [2.24, 2.45) is 5.92 Å². The molecule has 1 aliphatic heterocycles. The lowest BCUT2D eigenvalue weighted by molar-refractivity contribution is 0.0897. The summed E-state index contributed by atoms with van der Waals surface area (Å²) in [6.07, 6.45) is 1.67. The second-order valence-corrected chi connectivity index (χ2v) is 5.01. The van der Waals surface area contributed by atoms with Crippen LogP contribution in [0.3, 0.4) is 0 Å². The Morgan fingerprint density at radius 2 is 2.14 bits per heavy atom. The summed E-state index contributed by atoms with van der Waals surface area (Å²) in [7, 11) is 0. The Labute approximate surface area is 122 Å². The molecule has 1 aromatic rings. The molecule has 6 heteroatoms. The lowest BCUT2D eigenvalue weighted by Crippen LogP contribution is -2.13. The average molecular weight is 296 g/mol. The van der Waals surface area contributed by atoms with Gasteiger partial charge in [-0.2, -0.15) is 5.26 Å². The molecule has 4 nitrogen and oxygen atoms in total. The number of ether oxygens (including phenoxy) is 2. The Morgan fingerprint density at radius 1 is 1.38 bits per heavy atom. The fourth-order valence-corrected chi connectivity index (χ4v) is 2.16. The predicted molar refractivity (Wildman–Crippen MR) is 73.9 cm³/mol. The molecule has 1 N–H and O–H groups in total. The molecular formula is C15H18F2N2O2. The fourth-order valence-electron chi connectivity index (χ4n) is 2.16. The molecule has 1 atom stereocenters. The number of nitrogens with zero attached hydrogens (tertiary/aromatic N) is 1. The molecule has 2 rings (SSSR count). The SMILES string of the molecule is N#Cc1cc(F)c(NCCCOC[C@H]2CCOC2)c(F)c1. The van der Waals surface area contributed by atoms with Gasteiger partial charge in [-0.05, 0) is 25.0 Å². The first-order valence-corrected chi connectivity index (χ1v) is 6.99. The molecule has 0 aromatic heterocycles. The highest BCUT2D eigenvalue weighted by Crippen LogP contribution is 2.20. The monoisotopic (exact) mass is 296 g/mol. The zero-order chi connectivity index (χ0) is 15.1. The smallest absolute Gasteiger partial charge is 0.150 e. The van der Waals surface area contributed by atoms with E-state index in [1.54, 1.807) is 6.07 Å². The summed E-state index contributed by atoms with van der Waals surface area (Å²) in [6.45, 7) is 3.15. The first-order valence-electron chi connectivity index (χ1n) is 6.99. The van der Waals surface area contributed by atoms with E-state index in [4.69, 9.17) is 14.7 Å². The summed E-state index contributed by atoms with van der Waals surface area (Å²) in [5.74, 6) is -1.04. The van der Waals surface area contributed by atoms with Gasteiger partial charge in [-0.25, -0.2) is 8.78 Å². The fraction of sp³-hybridized carbons (Fsp3) is 0.533. The van der Waals surface area contributed by atoms with E-state index in [2.05, 4.69) is 5.32 Å². The Bertz CT molecular complexity index is 488. The summed E-state index contributed by atoms with van der Waals surface area (Å²) in [5.41, 5.74) is -0.226. The van der Waals surface area contributed by atoms with E-state index in [0.29, 0.717) is 32.1 Å². The zero-order valence-corrected chi connectivity index (χ0v) is 11.7. The van der Waals surface area contributed by atoms with Crippen molar-refractivity contribution >= 4 is 5.69 Å². The van der Waals surface area contributed by atoms with Gasteiger partial charge in [0.1, 0.15) is 5.69 Å². The van der Waals surface area contributed by atoms with Crippen molar-refractivity contribution in [3.63, 3.8) is 0 Å². The predicted octanol–water partition coefficient (Wildman–Crippen LogP) is 2.69. The molecule has 1 heterocycles. The van der Waals surface area contributed by atoms with E-state index in [-0.39, 0.29) is 11.3 Å². The molecule has 1 saturated heterocycles. The molecule has 0 unspecified atom stereocenters. The van der Waals surface area contributed by atoms with Crippen LogP contribution < -0.4 is 5.32 Å². The maximum Gasteiger partial charge on any atom is 0.150 e.